The molecule has 0 unspecified atom stereocenters. The van der Waals surface area contributed by atoms with Crippen molar-refractivity contribution < 1.29 is 23.9 Å². The van der Waals surface area contributed by atoms with E-state index < -0.39 is 23.6 Å². The van der Waals surface area contributed by atoms with E-state index in [-0.39, 0.29) is 37.1 Å². The number of Topliss-reactive ketones (excluding diaryl/α,β-unsaturated/α-hetero) is 1. The third kappa shape index (κ3) is 5.67. The summed E-state index contributed by atoms with van der Waals surface area (Å²) in [4.78, 5) is 37.6. The summed E-state index contributed by atoms with van der Waals surface area (Å²) >= 11 is 0. The minimum Gasteiger partial charge on any atom is -0.460 e. The van der Waals surface area contributed by atoms with Crippen LogP contribution in [-0.4, -0.2) is 36.0 Å². The van der Waals surface area contributed by atoms with Crippen molar-refractivity contribution in [2.24, 2.45) is 5.41 Å². The van der Waals surface area contributed by atoms with Crippen LogP contribution in [0, 0.1) is 5.41 Å². The number of nitrogens with one attached hydrogen (secondary N) is 1. The summed E-state index contributed by atoms with van der Waals surface area (Å²) in [5, 5.41) is 3.33. The summed E-state index contributed by atoms with van der Waals surface area (Å²) in [7, 11) is 0. The van der Waals surface area contributed by atoms with Crippen molar-refractivity contribution in [2.75, 3.05) is 5.32 Å². The minimum absolute atomic E-state index is 0.0179. The van der Waals surface area contributed by atoms with Gasteiger partial charge in [-0.25, -0.2) is 0 Å². The molecule has 1 aliphatic heterocycles. The Balaban J connectivity index is 1.84. The summed E-state index contributed by atoms with van der Waals surface area (Å²) < 4.78 is 11.3. The lowest BCUT2D eigenvalue weighted by Crippen LogP contribution is -2.54. The van der Waals surface area contributed by atoms with Crippen LogP contribution in [-0.2, 0) is 23.9 Å². The number of allylic oxidation sites excluding steroid dienone is 3. The zero-order valence-electron chi connectivity index (χ0n) is 19.4. The molecular formula is C26H33NO5. The second-order valence-corrected chi connectivity index (χ2v) is 9.17. The summed E-state index contributed by atoms with van der Waals surface area (Å²) in [5.41, 5.74) is 2.18. The van der Waals surface area contributed by atoms with Crippen molar-refractivity contribution in [3.8, 4) is 0 Å². The van der Waals surface area contributed by atoms with Gasteiger partial charge in [-0.3, -0.25) is 14.4 Å². The highest BCUT2D eigenvalue weighted by molar-refractivity contribution is 5.94. The molecule has 1 aliphatic carbocycles. The molecule has 6 heteroatoms. The van der Waals surface area contributed by atoms with Gasteiger partial charge in [-0.05, 0) is 51.8 Å². The third-order valence-electron chi connectivity index (χ3n) is 6.21. The SMILES string of the molecule is CC(=O)O[C@H]1C[C@]2(CC(=O)O[C@@H]2/C=C(\C)CCC=C(C)C)C(=O)C[C@@H]1Nc1ccccc1. The van der Waals surface area contributed by atoms with Gasteiger partial charge in [0.2, 0.25) is 0 Å². The molecule has 32 heavy (non-hydrogen) atoms. The van der Waals surface area contributed by atoms with Crippen LogP contribution in [0.3, 0.4) is 0 Å². The lowest BCUT2D eigenvalue weighted by Gasteiger charge is -2.42. The van der Waals surface area contributed by atoms with Crippen LogP contribution in [0.1, 0.15) is 59.8 Å². The van der Waals surface area contributed by atoms with E-state index in [2.05, 4.69) is 25.2 Å². The minimum atomic E-state index is -0.996. The Kier molecular flexibility index (Phi) is 7.54. The van der Waals surface area contributed by atoms with E-state index in [0.717, 1.165) is 24.1 Å². The van der Waals surface area contributed by atoms with Crippen LogP contribution >= 0.6 is 0 Å². The molecule has 1 saturated heterocycles. The summed E-state index contributed by atoms with van der Waals surface area (Å²) in [6, 6.07) is 9.16. The van der Waals surface area contributed by atoms with Crippen molar-refractivity contribution >= 4 is 23.4 Å². The van der Waals surface area contributed by atoms with Gasteiger partial charge in [0.05, 0.1) is 17.9 Å². The molecule has 3 rings (SSSR count). The lowest BCUT2D eigenvalue weighted by atomic mass is 9.65. The number of benzene rings is 1. The maximum absolute atomic E-state index is 13.4. The Morgan fingerprint density at radius 1 is 1.19 bits per heavy atom. The molecule has 1 aromatic rings. The smallest absolute Gasteiger partial charge is 0.307 e. The molecule has 0 bridgehead atoms. The normalized spacial score (nSPS) is 27.8. The Morgan fingerprint density at radius 3 is 2.56 bits per heavy atom. The number of esters is 2. The average molecular weight is 440 g/mol. The number of carbonyl (C=O) groups excluding carboxylic acids is 3. The predicted molar refractivity (Wildman–Crippen MR) is 123 cm³/mol. The number of cyclic esters (lactones) is 1. The lowest BCUT2D eigenvalue weighted by molar-refractivity contribution is -0.156. The molecule has 1 spiro atoms. The molecule has 2 aliphatic rings. The van der Waals surface area contributed by atoms with Crippen molar-refractivity contribution in [2.45, 2.75) is 78.0 Å². The predicted octanol–water partition coefficient (Wildman–Crippen LogP) is 4.76. The zero-order valence-corrected chi connectivity index (χ0v) is 19.4. The molecule has 172 valence electrons. The van der Waals surface area contributed by atoms with E-state index in [4.69, 9.17) is 9.47 Å². The Morgan fingerprint density at radius 2 is 1.91 bits per heavy atom. The highest BCUT2D eigenvalue weighted by Crippen LogP contribution is 2.47. The van der Waals surface area contributed by atoms with E-state index in [9.17, 15) is 14.4 Å². The van der Waals surface area contributed by atoms with Crippen molar-refractivity contribution in [3.63, 3.8) is 0 Å². The second kappa shape index (κ2) is 10.2. The first-order chi connectivity index (χ1) is 15.2. The van der Waals surface area contributed by atoms with Crippen LogP contribution in [0.5, 0.6) is 0 Å². The van der Waals surface area contributed by atoms with Gasteiger partial charge in [0.15, 0.2) is 0 Å². The Hall–Kier alpha value is -2.89. The number of para-hydroxylation sites is 1. The molecule has 1 heterocycles. The van der Waals surface area contributed by atoms with Gasteiger partial charge >= 0.3 is 11.9 Å². The number of carbonyl (C=O) groups is 3. The van der Waals surface area contributed by atoms with Gasteiger partial charge in [-0.2, -0.15) is 0 Å². The summed E-state index contributed by atoms with van der Waals surface area (Å²) in [6.45, 7) is 7.48. The number of anilines is 1. The van der Waals surface area contributed by atoms with Crippen LogP contribution < -0.4 is 5.32 Å². The van der Waals surface area contributed by atoms with Gasteiger partial charge < -0.3 is 14.8 Å². The first kappa shape index (κ1) is 23.8. The number of rotatable bonds is 7. The van der Waals surface area contributed by atoms with E-state index in [1.165, 1.54) is 12.5 Å². The molecule has 1 saturated carbocycles. The fourth-order valence-electron chi connectivity index (χ4n) is 4.60. The summed E-state index contributed by atoms with van der Waals surface area (Å²) in [5.74, 6) is -0.819. The average Bonchev–Trinajstić information content (AvgIpc) is 3.01. The highest BCUT2D eigenvalue weighted by Gasteiger charge is 2.58. The van der Waals surface area contributed by atoms with Crippen LogP contribution in [0.25, 0.3) is 0 Å². The van der Waals surface area contributed by atoms with Gasteiger partial charge in [-0.15, -0.1) is 0 Å². The van der Waals surface area contributed by atoms with Gasteiger partial charge in [-0.1, -0.05) is 35.4 Å². The van der Waals surface area contributed by atoms with E-state index >= 15 is 0 Å². The monoisotopic (exact) mass is 439 g/mol. The largest absolute Gasteiger partial charge is 0.460 e. The standard InChI is InChI=1S/C26H33NO5/c1-17(2)9-8-10-18(3)13-24-26(16-25(30)32-24)15-22(31-19(4)28)21(14-23(26)29)27-20-11-6-5-7-12-20/h5-7,9,11-13,21-22,24,27H,8,10,14-16H2,1-4H3/b18-13+/t21-,22-,24+,26-/m0/s1. The van der Waals surface area contributed by atoms with Crippen LogP contribution in [0.2, 0.25) is 0 Å². The zero-order chi connectivity index (χ0) is 23.3. The van der Waals surface area contributed by atoms with Crippen LogP contribution in [0.4, 0.5) is 5.69 Å². The maximum Gasteiger partial charge on any atom is 0.307 e. The van der Waals surface area contributed by atoms with Gasteiger partial charge in [0.1, 0.15) is 18.0 Å². The first-order valence-corrected chi connectivity index (χ1v) is 11.2. The van der Waals surface area contributed by atoms with Crippen molar-refractivity contribution in [3.05, 3.63) is 53.6 Å². The molecule has 4 atom stereocenters. The molecule has 1 N–H and O–H groups in total. The first-order valence-electron chi connectivity index (χ1n) is 11.2. The Labute approximate surface area is 190 Å². The number of ketones is 1. The third-order valence-corrected chi connectivity index (χ3v) is 6.21. The fourth-order valence-corrected chi connectivity index (χ4v) is 4.60. The molecular weight excluding hydrogens is 406 g/mol. The molecule has 0 aromatic heterocycles. The fraction of sp³-hybridized carbons (Fsp3) is 0.500. The van der Waals surface area contributed by atoms with E-state index in [1.54, 1.807) is 0 Å². The number of ether oxygens (including phenoxy) is 2. The Bertz CT molecular complexity index is 915. The van der Waals surface area contributed by atoms with E-state index in [1.807, 2.05) is 43.3 Å². The second-order valence-electron chi connectivity index (χ2n) is 9.17. The van der Waals surface area contributed by atoms with Crippen molar-refractivity contribution in [1.82, 2.24) is 0 Å². The van der Waals surface area contributed by atoms with E-state index in [0.29, 0.717) is 0 Å². The molecule has 0 amide bonds. The molecule has 6 nitrogen and oxygen atoms in total. The number of hydrogen-bond donors (Lipinski definition) is 1. The van der Waals surface area contributed by atoms with Crippen LogP contribution in [0.15, 0.2) is 53.6 Å². The number of hydrogen-bond acceptors (Lipinski definition) is 6. The summed E-state index contributed by atoms with van der Waals surface area (Å²) in [6.07, 6.45) is 5.05. The van der Waals surface area contributed by atoms with Gasteiger partial charge in [0, 0.05) is 25.5 Å². The topological polar surface area (TPSA) is 81.7 Å². The molecule has 0 radical (unpaired) electrons. The molecule has 2 fully saturated rings. The highest BCUT2D eigenvalue weighted by atomic mass is 16.6. The van der Waals surface area contributed by atoms with Crippen molar-refractivity contribution in [1.29, 1.82) is 0 Å². The maximum atomic E-state index is 13.4. The molecule has 1 aromatic carbocycles. The quantitative estimate of drug-likeness (QED) is 0.487. The van der Waals surface area contributed by atoms with Gasteiger partial charge in [0.25, 0.3) is 0 Å².